The SMILES string of the molecule is CC(C)CNC(=O)c1c(NC(=O)c2ccn(COc3ccc(Br)cc3)n2)cnn1C. The Morgan fingerprint density at radius 1 is 1.17 bits per heavy atom. The molecule has 0 aliphatic carbocycles. The summed E-state index contributed by atoms with van der Waals surface area (Å²) in [5.41, 5.74) is 0.804. The van der Waals surface area contributed by atoms with Crippen molar-refractivity contribution in [1.29, 1.82) is 0 Å². The molecule has 9 nitrogen and oxygen atoms in total. The van der Waals surface area contributed by atoms with Gasteiger partial charge in [-0.2, -0.15) is 10.2 Å². The van der Waals surface area contributed by atoms with Crippen LogP contribution in [0.4, 0.5) is 5.69 Å². The lowest BCUT2D eigenvalue weighted by Crippen LogP contribution is -2.30. The topological polar surface area (TPSA) is 103 Å². The van der Waals surface area contributed by atoms with Crippen LogP contribution in [-0.2, 0) is 13.8 Å². The van der Waals surface area contributed by atoms with Crippen molar-refractivity contribution in [2.45, 2.75) is 20.6 Å². The van der Waals surface area contributed by atoms with E-state index in [0.717, 1.165) is 4.47 Å². The number of aromatic nitrogens is 4. The van der Waals surface area contributed by atoms with Gasteiger partial charge in [0.2, 0.25) is 0 Å². The van der Waals surface area contributed by atoms with Crippen LogP contribution in [0.3, 0.4) is 0 Å². The number of nitrogens with zero attached hydrogens (tertiary/aromatic N) is 4. The average molecular weight is 475 g/mol. The van der Waals surface area contributed by atoms with Gasteiger partial charge in [0.25, 0.3) is 11.8 Å². The number of aryl methyl sites for hydroxylation is 1. The first-order valence-electron chi connectivity index (χ1n) is 9.37. The van der Waals surface area contributed by atoms with Gasteiger partial charge in [-0.3, -0.25) is 14.3 Å². The van der Waals surface area contributed by atoms with Gasteiger partial charge in [-0.15, -0.1) is 0 Å². The summed E-state index contributed by atoms with van der Waals surface area (Å²) in [5.74, 6) is 0.256. The van der Waals surface area contributed by atoms with Crippen molar-refractivity contribution < 1.29 is 14.3 Å². The molecule has 0 aliphatic heterocycles. The molecule has 0 saturated heterocycles. The highest BCUT2D eigenvalue weighted by Crippen LogP contribution is 2.17. The molecule has 0 spiro atoms. The Kier molecular flexibility index (Phi) is 6.88. The minimum absolute atomic E-state index is 0.157. The van der Waals surface area contributed by atoms with E-state index in [4.69, 9.17) is 4.74 Å². The third-order valence-corrected chi connectivity index (χ3v) is 4.65. The number of benzene rings is 1. The van der Waals surface area contributed by atoms with Crippen LogP contribution in [0.15, 0.2) is 47.2 Å². The van der Waals surface area contributed by atoms with E-state index in [1.54, 1.807) is 19.3 Å². The van der Waals surface area contributed by atoms with Crippen molar-refractivity contribution in [2.75, 3.05) is 11.9 Å². The number of hydrogen-bond acceptors (Lipinski definition) is 5. The Hall–Kier alpha value is -3.14. The summed E-state index contributed by atoms with van der Waals surface area (Å²) in [5, 5.41) is 13.8. The molecule has 0 saturated carbocycles. The average Bonchev–Trinajstić information content (AvgIpc) is 3.32. The van der Waals surface area contributed by atoms with E-state index in [-0.39, 0.29) is 24.0 Å². The van der Waals surface area contributed by atoms with E-state index in [1.807, 2.05) is 38.1 Å². The van der Waals surface area contributed by atoms with E-state index in [2.05, 4.69) is 36.8 Å². The fourth-order valence-electron chi connectivity index (χ4n) is 2.59. The number of nitrogens with one attached hydrogen (secondary N) is 2. The predicted molar refractivity (Wildman–Crippen MR) is 115 cm³/mol. The van der Waals surface area contributed by atoms with Gasteiger partial charge in [0, 0.05) is 24.3 Å². The molecule has 3 rings (SSSR count). The smallest absolute Gasteiger partial charge is 0.276 e. The molecular weight excluding hydrogens is 452 g/mol. The third kappa shape index (κ3) is 5.47. The van der Waals surface area contributed by atoms with Gasteiger partial charge in [-0.25, -0.2) is 4.68 Å². The minimum atomic E-state index is -0.441. The molecular formula is C20H23BrN6O3. The van der Waals surface area contributed by atoms with Crippen LogP contribution in [0.1, 0.15) is 34.8 Å². The van der Waals surface area contributed by atoms with Crippen LogP contribution in [0.5, 0.6) is 5.75 Å². The molecule has 0 radical (unpaired) electrons. The molecule has 158 valence electrons. The highest BCUT2D eigenvalue weighted by Gasteiger charge is 2.20. The summed E-state index contributed by atoms with van der Waals surface area (Å²) in [6.45, 7) is 4.69. The van der Waals surface area contributed by atoms with E-state index in [9.17, 15) is 9.59 Å². The second-order valence-electron chi connectivity index (χ2n) is 7.06. The number of hydrogen-bond donors (Lipinski definition) is 2. The Morgan fingerprint density at radius 2 is 1.90 bits per heavy atom. The van der Waals surface area contributed by atoms with E-state index in [1.165, 1.54) is 15.6 Å². The molecule has 0 aliphatic rings. The Labute approximate surface area is 182 Å². The molecule has 0 bridgehead atoms. The predicted octanol–water partition coefficient (Wildman–Crippen LogP) is 3.05. The lowest BCUT2D eigenvalue weighted by Gasteiger charge is -2.10. The molecule has 2 amide bonds. The summed E-state index contributed by atoms with van der Waals surface area (Å²) >= 11 is 3.37. The van der Waals surface area contributed by atoms with Gasteiger partial charge in [0.1, 0.15) is 11.4 Å². The third-order valence-electron chi connectivity index (χ3n) is 4.12. The molecule has 0 fully saturated rings. The normalized spacial score (nSPS) is 10.8. The van der Waals surface area contributed by atoms with Gasteiger partial charge in [-0.05, 0) is 36.2 Å². The standard InChI is InChI=1S/C20H23BrN6O3/c1-13(2)10-22-20(29)18-17(11-23-26(18)3)24-19(28)16-8-9-27(25-16)12-30-15-6-4-14(21)5-7-15/h4-9,11,13H,10,12H2,1-3H3,(H,22,29)(H,24,28). The maximum absolute atomic E-state index is 12.6. The molecule has 3 aromatic rings. The quantitative estimate of drug-likeness (QED) is 0.522. The van der Waals surface area contributed by atoms with Crippen molar-refractivity contribution in [3.8, 4) is 5.75 Å². The van der Waals surface area contributed by atoms with Crippen LogP contribution in [0.25, 0.3) is 0 Å². The maximum Gasteiger partial charge on any atom is 0.276 e. The Balaban J connectivity index is 1.63. The monoisotopic (exact) mass is 474 g/mol. The Bertz CT molecular complexity index is 1030. The fraction of sp³-hybridized carbons (Fsp3) is 0.300. The van der Waals surface area contributed by atoms with Crippen molar-refractivity contribution in [3.63, 3.8) is 0 Å². The number of carbonyl (C=O) groups excluding carboxylic acids is 2. The minimum Gasteiger partial charge on any atom is -0.471 e. The number of ether oxygens (including phenoxy) is 1. The Morgan fingerprint density at radius 3 is 2.60 bits per heavy atom. The van der Waals surface area contributed by atoms with Gasteiger partial charge in [0.05, 0.1) is 11.9 Å². The van der Waals surface area contributed by atoms with E-state index >= 15 is 0 Å². The zero-order chi connectivity index (χ0) is 21.7. The second kappa shape index (κ2) is 9.57. The van der Waals surface area contributed by atoms with Crippen LogP contribution in [0, 0.1) is 5.92 Å². The summed E-state index contributed by atoms with van der Waals surface area (Å²) in [7, 11) is 1.65. The van der Waals surface area contributed by atoms with Gasteiger partial charge < -0.3 is 15.4 Å². The zero-order valence-electron chi connectivity index (χ0n) is 16.9. The van der Waals surface area contributed by atoms with Crippen LogP contribution >= 0.6 is 15.9 Å². The molecule has 2 aromatic heterocycles. The highest BCUT2D eigenvalue weighted by atomic mass is 79.9. The first kappa shape index (κ1) is 21.6. The van der Waals surface area contributed by atoms with Gasteiger partial charge in [0.15, 0.2) is 12.4 Å². The largest absolute Gasteiger partial charge is 0.471 e. The lowest BCUT2D eigenvalue weighted by molar-refractivity contribution is 0.0940. The molecule has 30 heavy (non-hydrogen) atoms. The van der Waals surface area contributed by atoms with Crippen molar-refractivity contribution in [2.24, 2.45) is 13.0 Å². The fourth-order valence-corrected chi connectivity index (χ4v) is 2.86. The van der Waals surface area contributed by atoms with Crippen LogP contribution < -0.4 is 15.4 Å². The molecule has 0 atom stereocenters. The number of rotatable bonds is 8. The molecule has 10 heteroatoms. The van der Waals surface area contributed by atoms with E-state index < -0.39 is 5.91 Å². The first-order valence-corrected chi connectivity index (χ1v) is 10.2. The molecule has 0 unspecified atom stereocenters. The number of amides is 2. The molecule has 2 N–H and O–H groups in total. The van der Waals surface area contributed by atoms with Crippen molar-refractivity contribution in [3.05, 3.63) is 58.6 Å². The van der Waals surface area contributed by atoms with Crippen LogP contribution in [0.2, 0.25) is 0 Å². The zero-order valence-corrected chi connectivity index (χ0v) is 18.5. The lowest BCUT2D eigenvalue weighted by atomic mass is 10.2. The summed E-state index contributed by atoms with van der Waals surface area (Å²) in [6.07, 6.45) is 3.09. The number of anilines is 1. The summed E-state index contributed by atoms with van der Waals surface area (Å²) < 4.78 is 9.54. The van der Waals surface area contributed by atoms with Gasteiger partial charge >= 0.3 is 0 Å². The van der Waals surface area contributed by atoms with E-state index in [0.29, 0.717) is 23.9 Å². The number of carbonyl (C=O) groups is 2. The van der Waals surface area contributed by atoms with Crippen molar-refractivity contribution >= 4 is 33.4 Å². The first-order chi connectivity index (χ1) is 14.3. The van der Waals surface area contributed by atoms with Crippen LogP contribution in [-0.4, -0.2) is 37.9 Å². The maximum atomic E-state index is 12.6. The van der Waals surface area contributed by atoms with Gasteiger partial charge in [-0.1, -0.05) is 29.8 Å². The highest BCUT2D eigenvalue weighted by molar-refractivity contribution is 9.10. The molecule has 1 aromatic carbocycles. The number of halogens is 1. The summed E-state index contributed by atoms with van der Waals surface area (Å²) in [4.78, 5) is 25.0. The second-order valence-corrected chi connectivity index (χ2v) is 7.97. The van der Waals surface area contributed by atoms with Crippen molar-refractivity contribution in [1.82, 2.24) is 24.9 Å². The summed E-state index contributed by atoms with van der Waals surface area (Å²) in [6, 6.07) is 8.99. The molecule has 2 heterocycles.